The van der Waals surface area contributed by atoms with Crippen LogP contribution in [0, 0.1) is 11.3 Å². The van der Waals surface area contributed by atoms with Crippen LogP contribution in [0.25, 0.3) is 0 Å². The number of ether oxygens (including phenoxy) is 3. The molecule has 18 heavy (non-hydrogen) atoms. The highest BCUT2D eigenvalue weighted by molar-refractivity contribution is 9.09. The van der Waals surface area contributed by atoms with E-state index in [2.05, 4.69) is 45.7 Å². The van der Waals surface area contributed by atoms with Crippen LogP contribution in [0.3, 0.4) is 0 Å². The topological polar surface area (TPSA) is 27.7 Å². The standard InChI is InChI=1S/C13H26Br2O3/c1-12(2)13(10-14,11-15)4-5-17-8-9-18-7-6-16-3/h12H,4-11H2,1-3H3. The number of hydrogen-bond donors (Lipinski definition) is 0. The van der Waals surface area contributed by atoms with Crippen molar-refractivity contribution < 1.29 is 14.2 Å². The lowest BCUT2D eigenvalue weighted by Gasteiger charge is -2.34. The zero-order valence-corrected chi connectivity index (χ0v) is 14.9. The van der Waals surface area contributed by atoms with E-state index in [9.17, 15) is 0 Å². The van der Waals surface area contributed by atoms with Crippen molar-refractivity contribution >= 4 is 31.9 Å². The van der Waals surface area contributed by atoms with Gasteiger partial charge in [-0.25, -0.2) is 0 Å². The van der Waals surface area contributed by atoms with E-state index >= 15 is 0 Å². The molecular formula is C13H26Br2O3. The minimum atomic E-state index is 0.275. The van der Waals surface area contributed by atoms with Crippen LogP contribution in [0.4, 0.5) is 0 Å². The fraction of sp³-hybridized carbons (Fsp3) is 1.00. The molecule has 0 spiro atoms. The van der Waals surface area contributed by atoms with E-state index in [1.165, 1.54) is 0 Å². The third-order valence-electron chi connectivity index (χ3n) is 3.31. The summed E-state index contributed by atoms with van der Waals surface area (Å²) in [5, 5.41) is 1.99. The molecule has 5 heteroatoms. The highest BCUT2D eigenvalue weighted by Crippen LogP contribution is 2.35. The Labute approximate surface area is 128 Å². The lowest BCUT2D eigenvalue weighted by atomic mass is 9.78. The highest BCUT2D eigenvalue weighted by Gasteiger charge is 2.31. The fourth-order valence-corrected chi connectivity index (χ4v) is 4.29. The summed E-state index contributed by atoms with van der Waals surface area (Å²) in [5.41, 5.74) is 0.275. The highest BCUT2D eigenvalue weighted by atomic mass is 79.9. The van der Waals surface area contributed by atoms with Crippen LogP contribution in [-0.2, 0) is 14.2 Å². The summed E-state index contributed by atoms with van der Waals surface area (Å²) in [6, 6.07) is 0. The minimum absolute atomic E-state index is 0.275. The van der Waals surface area contributed by atoms with Gasteiger partial charge in [-0.1, -0.05) is 45.7 Å². The fourth-order valence-electron chi connectivity index (χ4n) is 1.51. The molecule has 0 aromatic heterocycles. The van der Waals surface area contributed by atoms with Gasteiger partial charge < -0.3 is 14.2 Å². The maximum Gasteiger partial charge on any atom is 0.0701 e. The van der Waals surface area contributed by atoms with Crippen LogP contribution in [0.5, 0.6) is 0 Å². The van der Waals surface area contributed by atoms with Crippen molar-refractivity contribution in [2.24, 2.45) is 11.3 Å². The zero-order chi connectivity index (χ0) is 13.9. The summed E-state index contributed by atoms with van der Waals surface area (Å²) in [4.78, 5) is 0. The van der Waals surface area contributed by atoms with Crippen molar-refractivity contribution in [1.82, 2.24) is 0 Å². The quantitative estimate of drug-likeness (QED) is 0.377. The SMILES string of the molecule is COCCOCCOCCC(CBr)(CBr)C(C)C. The molecule has 0 aromatic carbocycles. The van der Waals surface area contributed by atoms with Crippen molar-refractivity contribution in [3.8, 4) is 0 Å². The van der Waals surface area contributed by atoms with E-state index in [1.54, 1.807) is 7.11 Å². The average molecular weight is 390 g/mol. The van der Waals surface area contributed by atoms with Crippen LogP contribution < -0.4 is 0 Å². The van der Waals surface area contributed by atoms with E-state index in [4.69, 9.17) is 14.2 Å². The average Bonchev–Trinajstić information content (AvgIpc) is 2.37. The second-order valence-electron chi connectivity index (χ2n) is 4.75. The smallest absolute Gasteiger partial charge is 0.0701 e. The van der Waals surface area contributed by atoms with Gasteiger partial charge in [-0.15, -0.1) is 0 Å². The van der Waals surface area contributed by atoms with E-state index < -0.39 is 0 Å². The Balaban J connectivity index is 3.62. The number of halogens is 2. The molecule has 0 unspecified atom stereocenters. The number of hydrogen-bond acceptors (Lipinski definition) is 3. The molecule has 0 atom stereocenters. The maximum absolute atomic E-state index is 5.62. The van der Waals surface area contributed by atoms with E-state index in [-0.39, 0.29) is 5.41 Å². The van der Waals surface area contributed by atoms with Gasteiger partial charge in [0.1, 0.15) is 0 Å². The first kappa shape index (κ1) is 18.8. The molecule has 0 N–H and O–H groups in total. The molecule has 0 saturated heterocycles. The number of rotatable bonds is 12. The molecule has 0 aliphatic carbocycles. The Kier molecular flexibility index (Phi) is 12.2. The van der Waals surface area contributed by atoms with Gasteiger partial charge in [0.2, 0.25) is 0 Å². The first-order valence-corrected chi connectivity index (χ1v) is 8.63. The molecule has 0 bridgehead atoms. The normalized spacial score (nSPS) is 12.3. The van der Waals surface area contributed by atoms with Crippen LogP contribution in [-0.4, -0.2) is 50.8 Å². The third-order valence-corrected chi connectivity index (χ3v) is 5.54. The molecule has 0 fully saturated rings. The summed E-state index contributed by atoms with van der Waals surface area (Å²) in [7, 11) is 1.67. The molecule has 0 heterocycles. The van der Waals surface area contributed by atoms with Gasteiger partial charge in [-0.05, 0) is 17.8 Å². The zero-order valence-electron chi connectivity index (χ0n) is 11.7. The molecule has 0 radical (unpaired) electrons. The summed E-state index contributed by atoms with van der Waals surface area (Å²) in [6.45, 7) is 7.88. The monoisotopic (exact) mass is 388 g/mol. The molecule has 0 rings (SSSR count). The second-order valence-corrected chi connectivity index (χ2v) is 5.87. The summed E-state index contributed by atoms with van der Waals surface area (Å²) in [6.07, 6.45) is 1.05. The van der Waals surface area contributed by atoms with Crippen LogP contribution >= 0.6 is 31.9 Å². The van der Waals surface area contributed by atoms with Crippen molar-refractivity contribution in [3.05, 3.63) is 0 Å². The van der Waals surface area contributed by atoms with Crippen molar-refractivity contribution in [2.45, 2.75) is 20.3 Å². The summed E-state index contributed by atoms with van der Waals surface area (Å²) in [5.74, 6) is 0.623. The summed E-state index contributed by atoms with van der Waals surface area (Å²) >= 11 is 7.24. The molecule has 0 aliphatic heterocycles. The predicted molar refractivity (Wildman–Crippen MR) is 83.0 cm³/mol. The van der Waals surface area contributed by atoms with Gasteiger partial charge in [-0.2, -0.15) is 0 Å². The third kappa shape index (κ3) is 7.43. The Morgan fingerprint density at radius 2 is 1.39 bits per heavy atom. The second kappa shape index (κ2) is 11.6. The van der Waals surface area contributed by atoms with Crippen molar-refractivity contribution in [3.63, 3.8) is 0 Å². The lowest BCUT2D eigenvalue weighted by Crippen LogP contribution is -2.32. The van der Waals surface area contributed by atoms with E-state index in [0.29, 0.717) is 32.3 Å². The Bertz CT molecular complexity index is 185. The molecule has 110 valence electrons. The van der Waals surface area contributed by atoms with Crippen molar-refractivity contribution in [1.29, 1.82) is 0 Å². The van der Waals surface area contributed by atoms with E-state index in [0.717, 1.165) is 23.7 Å². The Morgan fingerprint density at radius 1 is 0.889 bits per heavy atom. The Morgan fingerprint density at radius 3 is 1.83 bits per heavy atom. The molecule has 0 saturated carbocycles. The van der Waals surface area contributed by atoms with Gasteiger partial charge in [-0.3, -0.25) is 0 Å². The molecule has 0 aliphatic rings. The van der Waals surface area contributed by atoms with Crippen molar-refractivity contribution in [2.75, 3.05) is 50.8 Å². The maximum atomic E-state index is 5.62. The molecule has 3 nitrogen and oxygen atoms in total. The van der Waals surface area contributed by atoms with E-state index in [1.807, 2.05) is 0 Å². The van der Waals surface area contributed by atoms with Crippen LogP contribution in [0.15, 0.2) is 0 Å². The van der Waals surface area contributed by atoms with Crippen LogP contribution in [0.2, 0.25) is 0 Å². The molecule has 0 amide bonds. The summed E-state index contributed by atoms with van der Waals surface area (Å²) < 4.78 is 15.8. The van der Waals surface area contributed by atoms with Crippen LogP contribution in [0.1, 0.15) is 20.3 Å². The largest absolute Gasteiger partial charge is 0.382 e. The molecular weight excluding hydrogens is 364 g/mol. The van der Waals surface area contributed by atoms with Gasteiger partial charge in [0.05, 0.1) is 26.4 Å². The Hall–Kier alpha value is 0.840. The van der Waals surface area contributed by atoms with Gasteiger partial charge in [0.25, 0.3) is 0 Å². The van der Waals surface area contributed by atoms with Gasteiger partial charge in [0.15, 0.2) is 0 Å². The predicted octanol–water partition coefficient (Wildman–Crippen LogP) is 3.49. The first-order chi connectivity index (χ1) is 8.63. The minimum Gasteiger partial charge on any atom is -0.382 e. The number of methoxy groups -OCH3 is 1. The van der Waals surface area contributed by atoms with Gasteiger partial charge >= 0.3 is 0 Å². The first-order valence-electron chi connectivity index (χ1n) is 6.39. The molecule has 0 aromatic rings. The lowest BCUT2D eigenvalue weighted by molar-refractivity contribution is 0.0165. The van der Waals surface area contributed by atoms with Gasteiger partial charge in [0, 0.05) is 24.4 Å². The number of alkyl halides is 2.